The van der Waals surface area contributed by atoms with Gasteiger partial charge in [0.2, 0.25) is 0 Å². The summed E-state index contributed by atoms with van der Waals surface area (Å²) >= 11 is 0. The number of rotatable bonds is 8. The zero-order valence-electron chi connectivity index (χ0n) is 17.1. The van der Waals surface area contributed by atoms with Crippen LogP contribution in [-0.2, 0) is 14.7 Å². The van der Waals surface area contributed by atoms with E-state index >= 15 is 0 Å². The van der Waals surface area contributed by atoms with Crippen LogP contribution >= 0.6 is 0 Å². The Morgan fingerprint density at radius 3 is 2.00 bits per heavy atom. The van der Waals surface area contributed by atoms with E-state index in [1.807, 2.05) is 6.29 Å². The first-order chi connectivity index (χ1) is 10.3. The molecule has 1 aliphatic heterocycles. The molecular weight excluding hydrogens is 331 g/mol. The Bertz CT molecular complexity index is 335. The van der Waals surface area contributed by atoms with Gasteiger partial charge in [-0.25, -0.2) is 6.29 Å². The maximum atomic E-state index is 10.6. The fourth-order valence-corrected chi connectivity index (χ4v) is 9.65. The molecule has 7 heteroatoms. The van der Waals surface area contributed by atoms with E-state index in [1.165, 1.54) is 0 Å². The van der Waals surface area contributed by atoms with Gasteiger partial charge in [0, 0.05) is 25.7 Å². The summed E-state index contributed by atoms with van der Waals surface area (Å²) in [5.74, 6) is 0. The van der Waals surface area contributed by atoms with Gasteiger partial charge in [0.25, 0.3) is 0 Å². The second-order valence-electron chi connectivity index (χ2n) is 7.64. The molecule has 5 nitrogen and oxygen atoms in total. The van der Waals surface area contributed by atoms with Crippen molar-refractivity contribution in [1.29, 1.82) is 0 Å². The van der Waals surface area contributed by atoms with Crippen molar-refractivity contribution in [2.45, 2.75) is 64.2 Å². The second-order valence-corrected chi connectivity index (χ2v) is 13.1. The molecule has 1 atom stereocenters. The largest absolute Gasteiger partial charge is 1.00 e. The average molecular weight is 370 g/mol. The standard InChI is InChI=1S/C17H35N2O2Si.Na.H2O/c1-14(2)22(15(3)4,16(5)6)21-13-17-12-19(10-11-20)9-8-18(17)7;;/h14-17H,8-10,12-13H2,1-7H3;;1H2/q-1;+1;/p+1. The molecule has 1 aliphatic rings. The van der Waals surface area contributed by atoms with E-state index in [2.05, 4.69) is 58.4 Å². The van der Waals surface area contributed by atoms with Crippen molar-refractivity contribution in [2.75, 3.05) is 39.8 Å². The molecule has 138 valence electrons. The summed E-state index contributed by atoms with van der Waals surface area (Å²) in [6.07, 6.45) is 2.03. The summed E-state index contributed by atoms with van der Waals surface area (Å²) < 4.78 is 6.72. The van der Waals surface area contributed by atoms with Gasteiger partial charge in [-0.2, -0.15) is 0 Å². The van der Waals surface area contributed by atoms with Crippen molar-refractivity contribution in [3.05, 3.63) is 0 Å². The van der Waals surface area contributed by atoms with Crippen LogP contribution in [0.15, 0.2) is 0 Å². The molecule has 0 aliphatic carbocycles. The Labute approximate surface area is 172 Å². The molecule has 0 radical (unpaired) electrons. The summed E-state index contributed by atoms with van der Waals surface area (Å²) in [6.45, 7) is 18.0. The first-order valence-electron chi connectivity index (χ1n) is 8.67. The van der Waals surface area contributed by atoms with Gasteiger partial charge in [-0.05, 0) is 23.7 Å². The van der Waals surface area contributed by atoms with Crippen LogP contribution in [0, 0.1) is 0 Å². The Kier molecular flexibility index (Phi) is 13.7. The number of piperazine rings is 1. The third-order valence-corrected chi connectivity index (χ3v) is 11.5. The number of likely N-dealkylation sites (N-methyl/N-ethyl adjacent to an activating group) is 1. The van der Waals surface area contributed by atoms with Gasteiger partial charge in [-0.3, -0.25) is 4.90 Å². The summed E-state index contributed by atoms with van der Waals surface area (Å²) in [5.41, 5.74) is 1.84. The second kappa shape index (κ2) is 12.2. The van der Waals surface area contributed by atoms with Crippen LogP contribution in [0.4, 0.5) is 0 Å². The van der Waals surface area contributed by atoms with Crippen LogP contribution in [0.5, 0.6) is 0 Å². The first-order valence-corrected chi connectivity index (χ1v) is 10.8. The van der Waals surface area contributed by atoms with Crippen molar-refractivity contribution in [1.82, 2.24) is 9.80 Å². The minimum atomic E-state index is -1.80. The number of hydrogen-bond donors (Lipinski definition) is 0. The third-order valence-electron chi connectivity index (χ3n) is 5.38. The van der Waals surface area contributed by atoms with E-state index in [0.717, 1.165) is 26.2 Å². The van der Waals surface area contributed by atoms with Crippen LogP contribution < -0.4 is 29.6 Å². The Morgan fingerprint density at radius 2 is 1.58 bits per heavy atom. The van der Waals surface area contributed by atoms with E-state index in [9.17, 15) is 4.79 Å². The van der Waals surface area contributed by atoms with Gasteiger partial charge in [-0.15, -0.1) is 0 Å². The zero-order valence-corrected chi connectivity index (χ0v) is 20.1. The van der Waals surface area contributed by atoms with Crippen LogP contribution in [0.2, 0.25) is 16.6 Å². The Balaban J connectivity index is 0. The quantitative estimate of drug-likeness (QED) is 0.312. The molecule has 0 amide bonds. The Morgan fingerprint density at radius 1 is 1.08 bits per heavy atom. The molecule has 0 saturated carbocycles. The predicted molar refractivity (Wildman–Crippen MR) is 100 cm³/mol. The van der Waals surface area contributed by atoms with Crippen molar-refractivity contribution in [2.24, 2.45) is 0 Å². The number of carbonyl (C=O) groups excluding carboxylic acids is 1. The topological polar surface area (TPSA) is 65.8 Å². The van der Waals surface area contributed by atoms with Gasteiger partial charge in [0.1, 0.15) is 0 Å². The molecule has 3 N–H and O–H groups in total. The molecule has 0 aromatic rings. The fraction of sp³-hybridized carbons (Fsp3) is 0.941. The van der Waals surface area contributed by atoms with Crippen LogP contribution in [0.3, 0.4) is 0 Å². The minimum Gasteiger partial charge on any atom is -0.541 e. The normalized spacial score (nSPS) is 20.2. The fourth-order valence-electron chi connectivity index (χ4n) is 4.17. The summed E-state index contributed by atoms with van der Waals surface area (Å²) in [7, 11) is 0.362. The minimum absolute atomic E-state index is 0. The van der Waals surface area contributed by atoms with Crippen molar-refractivity contribution >= 4 is 14.6 Å². The average Bonchev–Trinajstić information content (AvgIpc) is 2.41. The van der Waals surface area contributed by atoms with Crippen molar-refractivity contribution < 1.29 is 44.3 Å². The maximum Gasteiger partial charge on any atom is 1.00 e. The molecule has 1 saturated heterocycles. The van der Waals surface area contributed by atoms with E-state index in [0.29, 0.717) is 29.2 Å². The van der Waals surface area contributed by atoms with Gasteiger partial charge >= 0.3 is 29.6 Å². The number of hydrogen-bond acceptors (Lipinski definition) is 4. The van der Waals surface area contributed by atoms with Gasteiger partial charge < -0.3 is 19.6 Å². The molecule has 1 fully saturated rings. The maximum absolute atomic E-state index is 10.6. The molecule has 0 spiro atoms. The van der Waals surface area contributed by atoms with Gasteiger partial charge in [0.05, 0.1) is 6.61 Å². The molecule has 0 aromatic carbocycles. The predicted octanol–water partition coefficient (Wildman–Crippen LogP) is -1.01. The molecule has 1 heterocycles. The molecule has 24 heavy (non-hydrogen) atoms. The first kappa shape index (κ1) is 27.0. The molecule has 1 rings (SSSR count). The van der Waals surface area contributed by atoms with Crippen LogP contribution in [-0.4, -0.2) is 70.3 Å². The SMILES string of the molecule is CC(C)[Si](OCC1CN(C[C-]=O)CCN1C)(C(C)C)C(C)C.[Na+].[OH3+]. The third kappa shape index (κ3) is 6.47. The van der Waals surface area contributed by atoms with Crippen LogP contribution in [0.1, 0.15) is 41.5 Å². The smallest absolute Gasteiger partial charge is 0.541 e. The number of nitrogens with zero attached hydrogens (tertiary/aromatic N) is 2. The van der Waals surface area contributed by atoms with Crippen LogP contribution in [0.25, 0.3) is 0 Å². The molecule has 0 aromatic heterocycles. The van der Waals surface area contributed by atoms with E-state index < -0.39 is 8.32 Å². The summed E-state index contributed by atoms with van der Waals surface area (Å²) in [4.78, 5) is 15.2. The van der Waals surface area contributed by atoms with E-state index in [4.69, 9.17) is 4.43 Å². The van der Waals surface area contributed by atoms with Crippen molar-refractivity contribution in [3.63, 3.8) is 0 Å². The molecule has 1 unspecified atom stereocenters. The summed E-state index contributed by atoms with van der Waals surface area (Å²) in [5, 5.41) is 0. The van der Waals surface area contributed by atoms with Gasteiger partial charge in [-0.1, -0.05) is 48.1 Å². The van der Waals surface area contributed by atoms with Gasteiger partial charge in [0.15, 0.2) is 8.32 Å². The van der Waals surface area contributed by atoms with Crippen molar-refractivity contribution in [3.8, 4) is 0 Å². The van der Waals surface area contributed by atoms with E-state index in [-0.39, 0.29) is 35.0 Å². The summed E-state index contributed by atoms with van der Waals surface area (Å²) in [6, 6.07) is 0.380. The zero-order chi connectivity index (χ0) is 16.9. The van der Waals surface area contributed by atoms with E-state index in [1.54, 1.807) is 0 Å². The monoisotopic (exact) mass is 369 g/mol. The molecular formula is C17H38N2NaO3Si+. The Hall–Kier alpha value is 0.727. The molecule has 0 bridgehead atoms.